The third-order valence-electron chi connectivity index (χ3n) is 2.53. The summed E-state index contributed by atoms with van der Waals surface area (Å²) in [6, 6.07) is 2.13. The molecular formula is C12H17ClN4O. The summed E-state index contributed by atoms with van der Waals surface area (Å²) in [5.41, 5.74) is 0.830. The van der Waals surface area contributed by atoms with Gasteiger partial charge in [0.25, 0.3) is 0 Å². The second kappa shape index (κ2) is 7.14. The average molecular weight is 269 g/mol. The minimum Gasteiger partial charge on any atom is -0.383 e. The number of anilines is 1. The Labute approximate surface area is 112 Å². The summed E-state index contributed by atoms with van der Waals surface area (Å²) in [4.78, 5) is 10.5. The normalized spacial score (nSPS) is 10.2. The lowest BCUT2D eigenvalue weighted by molar-refractivity contribution is 0.205. The van der Waals surface area contributed by atoms with E-state index in [2.05, 4.69) is 16.0 Å². The van der Waals surface area contributed by atoms with Crippen LogP contribution in [-0.4, -0.2) is 36.8 Å². The zero-order chi connectivity index (χ0) is 13.5. The van der Waals surface area contributed by atoms with Crippen LogP contribution in [0, 0.1) is 25.2 Å². The minimum absolute atomic E-state index is 0.434. The molecule has 98 valence electrons. The molecule has 1 heterocycles. The van der Waals surface area contributed by atoms with Crippen molar-refractivity contribution in [1.82, 2.24) is 9.97 Å². The molecule has 18 heavy (non-hydrogen) atoms. The van der Waals surface area contributed by atoms with Crippen molar-refractivity contribution in [2.45, 2.75) is 20.3 Å². The van der Waals surface area contributed by atoms with Crippen LogP contribution in [0.4, 0.5) is 5.82 Å². The molecule has 0 atom stereocenters. The smallest absolute Gasteiger partial charge is 0.137 e. The van der Waals surface area contributed by atoms with E-state index in [9.17, 15) is 0 Å². The van der Waals surface area contributed by atoms with Gasteiger partial charge in [-0.2, -0.15) is 5.26 Å². The SMILES string of the molecule is COCCN(CCC#N)c1nc(C)nc(Cl)c1C. The van der Waals surface area contributed by atoms with E-state index in [1.807, 2.05) is 11.8 Å². The van der Waals surface area contributed by atoms with Crippen molar-refractivity contribution in [2.24, 2.45) is 0 Å². The number of ether oxygens (including phenoxy) is 1. The lowest BCUT2D eigenvalue weighted by Gasteiger charge is -2.24. The van der Waals surface area contributed by atoms with Gasteiger partial charge < -0.3 is 9.64 Å². The van der Waals surface area contributed by atoms with E-state index in [1.54, 1.807) is 14.0 Å². The van der Waals surface area contributed by atoms with Crippen LogP contribution in [0.15, 0.2) is 0 Å². The highest BCUT2D eigenvalue weighted by Gasteiger charge is 2.14. The van der Waals surface area contributed by atoms with Gasteiger partial charge in [0.15, 0.2) is 0 Å². The summed E-state index contributed by atoms with van der Waals surface area (Å²) >= 11 is 6.06. The van der Waals surface area contributed by atoms with Crippen molar-refractivity contribution in [3.05, 3.63) is 16.5 Å². The van der Waals surface area contributed by atoms with Crippen LogP contribution in [0.5, 0.6) is 0 Å². The molecule has 0 bridgehead atoms. The molecule has 6 heteroatoms. The number of rotatable bonds is 6. The zero-order valence-electron chi connectivity index (χ0n) is 10.9. The molecule has 5 nitrogen and oxygen atoms in total. The molecule has 0 radical (unpaired) electrons. The maximum atomic E-state index is 8.70. The van der Waals surface area contributed by atoms with Gasteiger partial charge in [-0.25, -0.2) is 9.97 Å². The van der Waals surface area contributed by atoms with Crippen molar-refractivity contribution in [2.75, 3.05) is 31.7 Å². The molecule has 0 aliphatic carbocycles. The number of hydrogen-bond donors (Lipinski definition) is 0. The molecule has 0 N–H and O–H groups in total. The second-order valence-electron chi connectivity index (χ2n) is 3.90. The predicted octanol–water partition coefficient (Wildman–Crippen LogP) is 2.11. The number of hydrogen-bond acceptors (Lipinski definition) is 5. The van der Waals surface area contributed by atoms with Crippen molar-refractivity contribution >= 4 is 17.4 Å². The summed E-state index contributed by atoms with van der Waals surface area (Å²) < 4.78 is 5.07. The first-order chi connectivity index (χ1) is 8.60. The largest absolute Gasteiger partial charge is 0.383 e. The van der Waals surface area contributed by atoms with E-state index in [4.69, 9.17) is 21.6 Å². The molecule has 0 aromatic carbocycles. The summed E-state index contributed by atoms with van der Waals surface area (Å²) in [7, 11) is 1.65. The van der Waals surface area contributed by atoms with Crippen LogP contribution >= 0.6 is 11.6 Å². The molecule has 0 saturated heterocycles. The predicted molar refractivity (Wildman–Crippen MR) is 70.8 cm³/mol. The van der Waals surface area contributed by atoms with Gasteiger partial charge in [-0.3, -0.25) is 0 Å². The molecule has 0 aliphatic rings. The van der Waals surface area contributed by atoms with Crippen LogP contribution in [0.2, 0.25) is 5.15 Å². The summed E-state index contributed by atoms with van der Waals surface area (Å²) in [6.07, 6.45) is 0.434. The lowest BCUT2D eigenvalue weighted by atomic mass is 10.3. The summed E-state index contributed by atoms with van der Waals surface area (Å²) in [5, 5.41) is 9.15. The molecule has 0 amide bonds. The molecule has 1 aromatic rings. The first kappa shape index (κ1) is 14.7. The Morgan fingerprint density at radius 2 is 2.06 bits per heavy atom. The minimum atomic E-state index is 0.434. The van der Waals surface area contributed by atoms with Gasteiger partial charge in [0, 0.05) is 25.8 Å². The van der Waals surface area contributed by atoms with Gasteiger partial charge in [0.05, 0.1) is 19.1 Å². The van der Waals surface area contributed by atoms with Gasteiger partial charge in [0.1, 0.15) is 16.8 Å². The highest BCUT2D eigenvalue weighted by atomic mass is 35.5. The quantitative estimate of drug-likeness (QED) is 0.740. The third kappa shape index (κ3) is 3.83. The van der Waals surface area contributed by atoms with Gasteiger partial charge in [-0.05, 0) is 13.8 Å². The fraction of sp³-hybridized carbons (Fsp3) is 0.583. The highest BCUT2D eigenvalue weighted by molar-refractivity contribution is 6.30. The van der Waals surface area contributed by atoms with Crippen molar-refractivity contribution in [3.8, 4) is 6.07 Å². The zero-order valence-corrected chi connectivity index (χ0v) is 11.7. The first-order valence-electron chi connectivity index (χ1n) is 5.71. The molecule has 1 rings (SSSR count). The highest BCUT2D eigenvalue weighted by Crippen LogP contribution is 2.23. The van der Waals surface area contributed by atoms with E-state index in [-0.39, 0.29) is 0 Å². The van der Waals surface area contributed by atoms with Crippen molar-refractivity contribution < 1.29 is 4.74 Å². The molecule has 0 unspecified atom stereocenters. The maximum absolute atomic E-state index is 8.70. The van der Waals surface area contributed by atoms with E-state index >= 15 is 0 Å². The number of aryl methyl sites for hydroxylation is 1. The number of methoxy groups -OCH3 is 1. The molecule has 1 aromatic heterocycles. The maximum Gasteiger partial charge on any atom is 0.137 e. The van der Waals surface area contributed by atoms with Crippen LogP contribution in [0.1, 0.15) is 17.8 Å². The Bertz CT molecular complexity index is 444. The van der Waals surface area contributed by atoms with Crippen molar-refractivity contribution in [3.63, 3.8) is 0 Å². The Morgan fingerprint density at radius 1 is 1.33 bits per heavy atom. The van der Waals surface area contributed by atoms with Crippen LogP contribution in [0.3, 0.4) is 0 Å². The fourth-order valence-electron chi connectivity index (χ4n) is 1.60. The summed E-state index contributed by atoms with van der Waals surface area (Å²) in [6.45, 7) is 5.53. The Hall–Kier alpha value is -1.38. The fourth-order valence-corrected chi connectivity index (χ4v) is 1.81. The van der Waals surface area contributed by atoms with E-state index in [1.165, 1.54) is 0 Å². The average Bonchev–Trinajstić information content (AvgIpc) is 2.34. The third-order valence-corrected chi connectivity index (χ3v) is 2.90. The number of aromatic nitrogens is 2. The van der Waals surface area contributed by atoms with Gasteiger partial charge in [-0.15, -0.1) is 0 Å². The first-order valence-corrected chi connectivity index (χ1v) is 6.09. The number of halogens is 1. The van der Waals surface area contributed by atoms with E-state index in [0.717, 1.165) is 11.4 Å². The van der Waals surface area contributed by atoms with Crippen LogP contribution in [0.25, 0.3) is 0 Å². The molecule has 0 saturated carbocycles. The molecule has 0 spiro atoms. The van der Waals surface area contributed by atoms with Crippen molar-refractivity contribution in [1.29, 1.82) is 5.26 Å². The molecule has 0 aliphatic heterocycles. The van der Waals surface area contributed by atoms with E-state index in [0.29, 0.717) is 37.1 Å². The van der Waals surface area contributed by atoms with Crippen LogP contribution < -0.4 is 4.90 Å². The number of nitrogens with zero attached hydrogens (tertiary/aromatic N) is 4. The molecule has 0 fully saturated rings. The summed E-state index contributed by atoms with van der Waals surface area (Å²) in [5.74, 6) is 1.40. The van der Waals surface area contributed by atoms with E-state index < -0.39 is 0 Å². The topological polar surface area (TPSA) is 62.0 Å². The Kier molecular flexibility index (Phi) is 5.83. The van der Waals surface area contributed by atoms with Gasteiger partial charge in [-0.1, -0.05) is 11.6 Å². The van der Waals surface area contributed by atoms with Crippen LogP contribution in [-0.2, 0) is 4.74 Å². The van der Waals surface area contributed by atoms with Gasteiger partial charge in [0.2, 0.25) is 0 Å². The Morgan fingerprint density at radius 3 is 2.67 bits per heavy atom. The van der Waals surface area contributed by atoms with Gasteiger partial charge >= 0.3 is 0 Å². The monoisotopic (exact) mass is 268 g/mol. The number of nitriles is 1. The second-order valence-corrected chi connectivity index (χ2v) is 4.26. The Balaban J connectivity index is 3.00. The molecular weight excluding hydrogens is 252 g/mol. The standard InChI is InChI=1S/C12H17ClN4O/c1-9-11(13)15-10(2)16-12(9)17(6-4-5-14)7-8-18-3/h4,6-8H2,1-3H3. The lowest BCUT2D eigenvalue weighted by Crippen LogP contribution is -2.30.